The molecule has 0 saturated carbocycles. The van der Waals surface area contributed by atoms with Crippen LogP contribution >= 0.6 is 0 Å². The molecule has 1 aliphatic heterocycles. The molecule has 0 spiro atoms. The van der Waals surface area contributed by atoms with E-state index in [4.69, 9.17) is 4.99 Å². The minimum atomic E-state index is 0.819. The molecule has 1 aliphatic rings. The largest absolute Gasteiger partial charge is 0.357 e. The van der Waals surface area contributed by atoms with Gasteiger partial charge in [0.1, 0.15) is 0 Å². The van der Waals surface area contributed by atoms with Crippen molar-refractivity contribution in [1.29, 1.82) is 0 Å². The third-order valence-electron chi connectivity index (χ3n) is 4.89. The van der Waals surface area contributed by atoms with E-state index in [0.717, 1.165) is 44.3 Å². The fraction of sp³-hybridized carbons (Fsp3) is 0.800. The topological polar surface area (TPSA) is 57.5 Å². The monoisotopic (exact) mass is 362 g/mol. The molecule has 1 saturated heterocycles. The second-order valence-electron chi connectivity index (χ2n) is 7.30. The van der Waals surface area contributed by atoms with Crippen LogP contribution in [0.3, 0.4) is 0 Å². The number of rotatable bonds is 9. The van der Waals surface area contributed by atoms with Crippen LogP contribution in [0.25, 0.3) is 0 Å². The summed E-state index contributed by atoms with van der Waals surface area (Å²) in [7, 11) is 0. The maximum absolute atomic E-state index is 4.70. The number of likely N-dealkylation sites (tertiary alicyclic amines) is 1. The highest BCUT2D eigenvalue weighted by Crippen LogP contribution is 2.09. The van der Waals surface area contributed by atoms with E-state index in [1.807, 2.05) is 6.92 Å². The van der Waals surface area contributed by atoms with Gasteiger partial charge < -0.3 is 15.5 Å². The van der Waals surface area contributed by atoms with E-state index in [1.165, 1.54) is 57.4 Å². The minimum absolute atomic E-state index is 0.819. The zero-order valence-electron chi connectivity index (χ0n) is 17.1. The zero-order chi connectivity index (χ0) is 18.6. The lowest BCUT2D eigenvalue weighted by molar-refractivity contribution is 0.282. The first kappa shape index (κ1) is 20.7. The summed E-state index contributed by atoms with van der Waals surface area (Å²) < 4.78 is 2.08. The Morgan fingerprint density at radius 3 is 2.50 bits per heavy atom. The number of hydrogen-bond donors (Lipinski definition) is 2. The molecule has 2 rings (SSSR count). The average Bonchev–Trinajstić information content (AvgIpc) is 2.80. The van der Waals surface area contributed by atoms with Crippen molar-refractivity contribution in [2.75, 3.05) is 39.3 Å². The van der Waals surface area contributed by atoms with E-state index in [0.29, 0.717) is 0 Å². The first-order chi connectivity index (χ1) is 12.7. The van der Waals surface area contributed by atoms with E-state index in [2.05, 4.69) is 45.2 Å². The third kappa shape index (κ3) is 7.77. The van der Waals surface area contributed by atoms with Gasteiger partial charge in [0.2, 0.25) is 0 Å². The molecule has 0 unspecified atom stereocenters. The van der Waals surface area contributed by atoms with E-state index in [-0.39, 0.29) is 0 Å². The van der Waals surface area contributed by atoms with Crippen LogP contribution in [0.5, 0.6) is 0 Å². The second kappa shape index (κ2) is 11.9. The summed E-state index contributed by atoms with van der Waals surface area (Å²) in [6, 6.07) is 2.12. The smallest absolute Gasteiger partial charge is 0.191 e. The van der Waals surface area contributed by atoms with Gasteiger partial charge in [-0.3, -0.25) is 9.67 Å². The average molecular weight is 363 g/mol. The van der Waals surface area contributed by atoms with Gasteiger partial charge in [0.05, 0.1) is 5.69 Å². The van der Waals surface area contributed by atoms with Gasteiger partial charge in [-0.15, -0.1) is 0 Å². The van der Waals surface area contributed by atoms with E-state index in [9.17, 15) is 0 Å². The fourth-order valence-corrected chi connectivity index (χ4v) is 3.52. The highest BCUT2D eigenvalue weighted by atomic mass is 15.3. The maximum Gasteiger partial charge on any atom is 0.191 e. The second-order valence-corrected chi connectivity index (χ2v) is 7.30. The molecular weight excluding hydrogens is 324 g/mol. The van der Waals surface area contributed by atoms with Crippen LogP contribution in [0, 0.1) is 13.8 Å². The Balaban J connectivity index is 1.64. The van der Waals surface area contributed by atoms with Crippen molar-refractivity contribution >= 4 is 5.96 Å². The lowest BCUT2D eigenvalue weighted by Gasteiger charge is -2.20. The molecule has 0 bridgehead atoms. The molecule has 2 heterocycles. The van der Waals surface area contributed by atoms with Crippen molar-refractivity contribution in [3.8, 4) is 0 Å². The molecule has 148 valence electrons. The van der Waals surface area contributed by atoms with Gasteiger partial charge in [0.15, 0.2) is 5.96 Å². The Morgan fingerprint density at radius 2 is 1.85 bits per heavy atom. The van der Waals surface area contributed by atoms with Gasteiger partial charge in [-0.2, -0.15) is 5.10 Å². The Kier molecular flexibility index (Phi) is 9.53. The van der Waals surface area contributed by atoms with Gasteiger partial charge in [0.25, 0.3) is 0 Å². The lowest BCUT2D eigenvalue weighted by Crippen LogP contribution is -2.39. The predicted octanol–water partition coefficient (Wildman–Crippen LogP) is 2.71. The quantitative estimate of drug-likeness (QED) is 0.403. The molecule has 1 fully saturated rings. The molecule has 0 amide bonds. The molecule has 1 aromatic rings. The predicted molar refractivity (Wildman–Crippen MR) is 110 cm³/mol. The van der Waals surface area contributed by atoms with Crippen LogP contribution in [-0.2, 0) is 6.54 Å². The van der Waals surface area contributed by atoms with Crippen molar-refractivity contribution in [2.45, 2.75) is 65.8 Å². The number of aliphatic imine (C=N–C) groups is 1. The first-order valence-electron chi connectivity index (χ1n) is 10.4. The molecular formula is C20H38N6. The molecule has 26 heavy (non-hydrogen) atoms. The van der Waals surface area contributed by atoms with Gasteiger partial charge in [-0.25, -0.2) is 0 Å². The number of nitrogens with zero attached hydrogens (tertiary/aromatic N) is 4. The Bertz CT molecular complexity index is 528. The summed E-state index contributed by atoms with van der Waals surface area (Å²) in [5.41, 5.74) is 2.32. The SMILES string of the molecule is CCNC(=NCCCn1nc(C)cc1C)NCCCN1CCCCCC1. The molecule has 6 heteroatoms. The van der Waals surface area contributed by atoms with Crippen LogP contribution in [0.15, 0.2) is 11.1 Å². The van der Waals surface area contributed by atoms with Crippen molar-refractivity contribution in [3.63, 3.8) is 0 Å². The number of nitrogens with one attached hydrogen (secondary N) is 2. The van der Waals surface area contributed by atoms with Gasteiger partial charge >= 0.3 is 0 Å². The summed E-state index contributed by atoms with van der Waals surface area (Å²) in [6.45, 7) is 13.7. The number of guanidine groups is 1. The molecule has 0 radical (unpaired) electrons. The highest BCUT2D eigenvalue weighted by Gasteiger charge is 2.08. The highest BCUT2D eigenvalue weighted by molar-refractivity contribution is 5.79. The number of hydrogen-bond acceptors (Lipinski definition) is 3. The van der Waals surface area contributed by atoms with Crippen molar-refractivity contribution in [2.24, 2.45) is 4.99 Å². The Labute approximate surface area is 159 Å². The zero-order valence-corrected chi connectivity index (χ0v) is 17.1. The molecule has 2 N–H and O–H groups in total. The standard InChI is InChI=1S/C20H38N6/c1-4-21-20(22-11-9-15-25-13-7-5-6-8-14-25)23-12-10-16-26-19(3)17-18(2)24-26/h17H,4-16H2,1-3H3,(H2,21,22,23). The van der Waals surface area contributed by atoms with Crippen LogP contribution in [0.4, 0.5) is 0 Å². The molecule has 1 aromatic heterocycles. The molecule has 0 atom stereocenters. The van der Waals surface area contributed by atoms with E-state index in [1.54, 1.807) is 0 Å². The van der Waals surface area contributed by atoms with Crippen molar-refractivity contribution < 1.29 is 0 Å². The Morgan fingerprint density at radius 1 is 1.08 bits per heavy atom. The van der Waals surface area contributed by atoms with Crippen LogP contribution in [-0.4, -0.2) is 59.9 Å². The van der Waals surface area contributed by atoms with Gasteiger partial charge in [0, 0.05) is 31.9 Å². The molecule has 0 aliphatic carbocycles. The fourth-order valence-electron chi connectivity index (χ4n) is 3.52. The number of aryl methyl sites for hydroxylation is 3. The van der Waals surface area contributed by atoms with Crippen LogP contribution in [0.2, 0.25) is 0 Å². The summed E-state index contributed by atoms with van der Waals surface area (Å²) in [6.07, 6.45) is 7.73. The molecule has 0 aromatic carbocycles. The van der Waals surface area contributed by atoms with E-state index < -0.39 is 0 Å². The van der Waals surface area contributed by atoms with Gasteiger partial charge in [-0.1, -0.05) is 12.8 Å². The summed E-state index contributed by atoms with van der Waals surface area (Å²) >= 11 is 0. The summed E-state index contributed by atoms with van der Waals surface area (Å²) in [4.78, 5) is 7.32. The molecule has 6 nitrogen and oxygen atoms in total. The summed E-state index contributed by atoms with van der Waals surface area (Å²) in [5, 5.41) is 11.3. The van der Waals surface area contributed by atoms with E-state index >= 15 is 0 Å². The summed E-state index contributed by atoms with van der Waals surface area (Å²) in [5.74, 6) is 0.941. The van der Waals surface area contributed by atoms with Crippen LogP contribution < -0.4 is 10.6 Å². The first-order valence-corrected chi connectivity index (χ1v) is 10.4. The normalized spacial score (nSPS) is 16.5. The van der Waals surface area contributed by atoms with Crippen LogP contribution in [0.1, 0.15) is 56.8 Å². The Hall–Kier alpha value is -1.56. The maximum atomic E-state index is 4.70. The van der Waals surface area contributed by atoms with Crippen molar-refractivity contribution in [3.05, 3.63) is 17.5 Å². The third-order valence-corrected chi connectivity index (χ3v) is 4.89. The number of aromatic nitrogens is 2. The van der Waals surface area contributed by atoms with Gasteiger partial charge in [-0.05, 0) is 72.2 Å². The lowest BCUT2D eigenvalue weighted by atomic mass is 10.2. The minimum Gasteiger partial charge on any atom is -0.357 e. The van der Waals surface area contributed by atoms with Crippen molar-refractivity contribution in [1.82, 2.24) is 25.3 Å².